The number of aliphatic hydroxyl groups excluding tert-OH is 1. The van der Waals surface area contributed by atoms with E-state index in [4.69, 9.17) is 0 Å². The van der Waals surface area contributed by atoms with Gasteiger partial charge in [-0.2, -0.15) is 0 Å². The van der Waals surface area contributed by atoms with Gasteiger partial charge in [-0.15, -0.1) is 0 Å². The number of carbonyl (C=O) groups is 2. The number of rotatable bonds is 7. The van der Waals surface area contributed by atoms with E-state index in [0.717, 1.165) is 16.5 Å². The second kappa shape index (κ2) is 8.16. The zero-order chi connectivity index (χ0) is 21.3. The molecule has 1 aliphatic heterocycles. The van der Waals surface area contributed by atoms with Gasteiger partial charge in [-0.1, -0.05) is 48.5 Å². The van der Waals surface area contributed by atoms with Gasteiger partial charge >= 0.3 is 0 Å². The molecule has 2 heterocycles. The molecule has 6 nitrogen and oxygen atoms in total. The van der Waals surface area contributed by atoms with Gasteiger partial charge in [0.15, 0.2) is 0 Å². The average molecular weight is 403 g/mol. The van der Waals surface area contributed by atoms with E-state index in [9.17, 15) is 14.7 Å². The van der Waals surface area contributed by atoms with Crippen molar-refractivity contribution in [1.82, 2.24) is 14.4 Å². The standard InChI is InChI=1S/C24H25N3O3/c1-25(14-15-28)22-21(17-8-4-3-5-9-17)23(29)27(24(22)30)13-12-18-16-26(2)20-11-7-6-10-19(18)20/h3-11,16,28H,12-15H2,1-2H3. The van der Waals surface area contributed by atoms with E-state index in [-0.39, 0.29) is 25.0 Å². The molecule has 0 saturated heterocycles. The molecule has 0 saturated carbocycles. The molecule has 154 valence electrons. The first-order valence-electron chi connectivity index (χ1n) is 10.0. The normalized spacial score (nSPS) is 14.3. The van der Waals surface area contributed by atoms with Crippen LogP contribution in [0.1, 0.15) is 11.1 Å². The molecule has 0 fully saturated rings. The summed E-state index contributed by atoms with van der Waals surface area (Å²) in [6.07, 6.45) is 2.64. The Hall–Kier alpha value is -3.38. The number of likely N-dealkylation sites (N-methyl/N-ethyl adjacent to an activating group) is 1. The third-order valence-corrected chi connectivity index (χ3v) is 5.61. The average Bonchev–Trinajstić information content (AvgIpc) is 3.21. The van der Waals surface area contributed by atoms with Gasteiger partial charge in [0, 0.05) is 44.3 Å². The number of fused-ring (bicyclic) bond motifs is 1. The van der Waals surface area contributed by atoms with Crippen LogP contribution in [0.3, 0.4) is 0 Å². The first-order chi connectivity index (χ1) is 14.5. The molecule has 0 atom stereocenters. The number of benzene rings is 2. The van der Waals surface area contributed by atoms with Crippen LogP contribution in [-0.4, -0.2) is 58.0 Å². The molecule has 6 heteroatoms. The lowest BCUT2D eigenvalue weighted by atomic mass is 10.0. The van der Waals surface area contributed by atoms with E-state index < -0.39 is 0 Å². The summed E-state index contributed by atoms with van der Waals surface area (Å²) in [5.41, 5.74) is 3.68. The number of nitrogens with zero attached hydrogens (tertiary/aromatic N) is 3. The largest absolute Gasteiger partial charge is 0.395 e. The highest BCUT2D eigenvalue weighted by Crippen LogP contribution is 2.31. The Bertz CT molecular complexity index is 1130. The topological polar surface area (TPSA) is 65.8 Å². The highest BCUT2D eigenvalue weighted by Gasteiger charge is 2.40. The maximum atomic E-state index is 13.3. The van der Waals surface area contributed by atoms with Crippen molar-refractivity contribution in [2.75, 3.05) is 26.7 Å². The fraction of sp³-hybridized carbons (Fsp3) is 0.250. The molecule has 3 aromatic rings. The Morgan fingerprint density at radius 3 is 2.40 bits per heavy atom. The minimum atomic E-state index is -0.310. The Labute approximate surface area is 175 Å². The van der Waals surface area contributed by atoms with Crippen molar-refractivity contribution >= 4 is 28.3 Å². The second-order valence-electron chi connectivity index (χ2n) is 7.53. The number of para-hydroxylation sites is 1. The quantitative estimate of drug-likeness (QED) is 0.616. The van der Waals surface area contributed by atoms with Crippen LogP contribution in [0.25, 0.3) is 16.5 Å². The Morgan fingerprint density at radius 2 is 1.67 bits per heavy atom. The molecule has 1 aromatic heterocycles. The van der Waals surface area contributed by atoms with E-state index in [0.29, 0.717) is 29.8 Å². The minimum Gasteiger partial charge on any atom is -0.395 e. The van der Waals surface area contributed by atoms with Crippen LogP contribution in [0.2, 0.25) is 0 Å². The van der Waals surface area contributed by atoms with Crippen molar-refractivity contribution in [2.45, 2.75) is 6.42 Å². The van der Waals surface area contributed by atoms with Crippen molar-refractivity contribution in [2.24, 2.45) is 7.05 Å². The summed E-state index contributed by atoms with van der Waals surface area (Å²) in [5, 5.41) is 10.5. The number of imide groups is 1. The second-order valence-corrected chi connectivity index (χ2v) is 7.53. The zero-order valence-electron chi connectivity index (χ0n) is 17.2. The van der Waals surface area contributed by atoms with Crippen LogP contribution in [-0.2, 0) is 23.1 Å². The molecule has 1 N–H and O–H groups in total. The molecule has 2 aromatic carbocycles. The third kappa shape index (κ3) is 3.39. The summed E-state index contributed by atoms with van der Waals surface area (Å²) in [4.78, 5) is 29.5. The number of aromatic nitrogens is 1. The van der Waals surface area contributed by atoms with Crippen LogP contribution in [0, 0.1) is 0 Å². The maximum absolute atomic E-state index is 13.3. The molecule has 0 spiro atoms. The van der Waals surface area contributed by atoms with Gasteiger partial charge in [-0.3, -0.25) is 14.5 Å². The van der Waals surface area contributed by atoms with Gasteiger partial charge in [-0.25, -0.2) is 0 Å². The molecule has 0 radical (unpaired) electrons. The van der Waals surface area contributed by atoms with Gasteiger partial charge in [0.25, 0.3) is 11.8 Å². The molecule has 0 bridgehead atoms. The summed E-state index contributed by atoms with van der Waals surface area (Å²) in [6.45, 7) is 0.486. The fourth-order valence-corrected chi connectivity index (χ4v) is 4.10. The lowest BCUT2D eigenvalue weighted by Gasteiger charge is -2.20. The third-order valence-electron chi connectivity index (χ3n) is 5.61. The van der Waals surface area contributed by atoms with Gasteiger partial charge in [0.1, 0.15) is 5.70 Å². The van der Waals surface area contributed by atoms with Gasteiger partial charge in [0.05, 0.1) is 12.2 Å². The van der Waals surface area contributed by atoms with E-state index in [1.54, 1.807) is 11.9 Å². The molecule has 0 unspecified atom stereocenters. The van der Waals surface area contributed by atoms with Gasteiger partial charge in [-0.05, 0) is 23.6 Å². The van der Waals surface area contributed by atoms with E-state index in [1.165, 1.54) is 4.90 Å². The summed E-state index contributed by atoms with van der Waals surface area (Å²) < 4.78 is 2.06. The lowest BCUT2D eigenvalue weighted by Crippen LogP contribution is -2.36. The Morgan fingerprint density at radius 1 is 0.967 bits per heavy atom. The number of aryl methyl sites for hydroxylation is 1. The highest BCUT2D eigenvalue weighted by atomic mass is 16.3. The van der Waals surface area contributed by atoms with Crippen LogP contribution in [0.5, 0.6) is 0 Å². The van der Waals surface area contributed by atoms with Gasteiger partial charge < -0.3 is 14.6 Å². The van der Waals surface area contributed by atoms with E-state index >= 15 is 0 Å². The van der Waals surface area contributed by atoms with E-state index in [2.05, 4.69) is 22.9 Å². The summed E-state index contributed by atoms with van der Waals surface area (Å²) in [7, 11) is 3.73. The maximum Gasteiger partial charge on any atom is 0.277 e. The van der Waals surface area contributed by atoms with Crippen LogP contribution >= 0.6 is 0 Å². The molecular formula is C24H25N3O3. The molecule has 2 amide bonds. The first-order valence-corrected chi connectivity index (χ1v) is 10.0. The van der Waals surface area contributed by atoms with E-state index in [1.807, 2.05) is 49.5 Å². The monoisotopic (exact) mass is 403 g/mol. The Balaban J connectivity index is 1.64. The van der Waals surface area contributed by atoms with Gasteiger partial charge in [0.2, 0.25) is 0 Å². The number of carbonyl (C=O) groups excluding carboxylic acids is 2. The minimum absolute atomic E-state index is 0.0977. The van der Waals surface area contributed by atoms with Crippen molar-refractivity contribution in [3.63, 3.8) is 0 Å². The van der Waals surface area contributed by atoms with Crippen LogP contribution in [0.4, 0.5) is 0 Å². The first kappa shape index (κ1) is 19.9. The fourth-order valence-electron chi connectivity index (χ4n) is 4.10. The summed E-state index contributed by atoms with van der Waals surface area (Å²) in [6, 6.07) is 17.4. The number of hydrogen-bond donors (Lipinski definition) is 1. The predicted octanol–water partition coefficient (Wildman–Crippen LogP) is 2.43. The van der Waals surface area contributed by atoms with Crippen molar-refractivity contribution in [3.8, 4) is 0 Å². The molecule has 4 rings (SSSR count). The summed E-state index contributed by atoms with van der Waals surface area (Å²) in [5.74, 6) is -0.596. The molecule has 30 heavy (non-hydrogen) atoms. The smallest absolute Gasteiger partial charge is 0.277 e. The summed E-state index contributed by atoms with van der Waals surface area (Å²) >= 11 is 0. The van der Waals surface area contributed by atoms with Crippen LogP contribution in [0.15, 0.2) is 66.5 Å². The van der Waals surface area contributed by atoms with Crippen molar-refractivity contribution in [1.29, 1.82) is 0 Å². The predicted molar refractivity (Wildman–Crippen MR) is 116 cm³/mol. The zero-order valence-corrected chi connectivity index (χ0v) is 17.2. The lowest BCUT2D eigenvalue weighted by molar-refractivity contribution is -0.137. The number of amides is 2. The molecule has 1 aliphatic rings. The molecule has 0 aliphatic carbocycles. The van der Waals surface area contributed by atoms with Crippen molar-refractivity contribution < 1.29 is 14.7 Å². The Kier molecular flexibility index (Phi) is 5.42. The SMILES string of the molecule is CN(CCO)C1=C(c2ccccc2)C(=O)N(CCc2cn(C)c3ccccc23)C1=O. The van der Waals surface area contributed by atoms with Crippen molar-refractivity contribution in [3.05, 3.63) is 77.6 Å². The highest BCUT2D eigenvalue weighted by molar-refractivity contribution is 6.35. The number of aliphatic hydroxyl groups is 1. The van der Waals surface area contributed by atoms with Crippen LogP contribution < -0.4 is 0 Å². The molecular weight excluding hydrogens is 378 g/mol. The number of hydrogen-bond acceptors (Lipinski definition) is 4.